The number of amides is 6. The third-order valence-corrected chi connectivity index (χ3v) is 16.7. The van der Waals surface area contributed by atoms with E-state index in [4.69, 9.17) is 47.9 Å². The van der Waals surface area contributed by atoms with Gasteiger partial charge in [-0.25, -0.2) is 24.2 Å². The van der Waals surface area contributed by atoms with Crippen LogP contribution in [0.4, 0.5) is 19.2 Å². The number of hydrogen-bond donors (Lipinski definition) is 3. The second-order valence-electron chi connectivity index (χ2n) is 22.6. The van der Waals surface area contributed by atoms with Crippen molar-refractivity contribution in [2.75, 3.05) is 40.9 Å². The van der Waals surface area contributed by atoms with Crippen LogP contribution < -0.4 is 29.6 Å². The quantitative estimate of drug-likeness (QED) is 0.0943. The van der Waals surface area contributed by atoms with Gasteiger partial charge in [-0.15, -0.1) is 0 Å². The van der Waals surface area contributed by atoms with Crippen LogP contribution in [0.25, 0.3) is 28.0 Å². The normalized spacial score (nSPS) is 20.6. The first-order valence-corrected chi connectivity index (χ1v) is 28.1. The molecule has 84 heavy (non-hydrogen) atoms. The maximum atomic E-state index is 14.4. The molecule has 12 rings (SSSR count). The monoisotopic (exact) mass is 1150 g/mol. The van der Waals surface area contributed by atoms with E-state index in [9.17, 15) is 28.8 Å². The maximum absolute atomic E-state index is 14.4. The summed E-state index contributed by atoms with van der Waals surface area (Å²) >= 11 is 0. The molecule has 7 aliphatic heterocycles. The van der Waals surface area contributed by atoms with Crippen LogP contribution in [0.1, 0.15) is 86.6 Å². The molecule has 1 unspecified atom stereocenters. The highest BCUT2D eigenvalue weighted by molar-refractivity contribution is 6.04. The minimum Gasteiger partial charge on any atom is -0.454 e. The third-order valence-electron chi connectivity index (χ3n) is 16.7. The van der Waals surface area contributed by atoms with Gasteiger partial charge in [-0.3, -0.25) is 24.4 Å². The predicted molar refractivity (Wildman–Crippen MR) is 301 cm³/mol. The number of ether oxygens (including phenoxy) is 8. The number of nitrogens with one attached hydrogen (secondary N) is 3. The van der Waals surface area contributed by atoms with Crippen molar-refractivity contribution < 1.29 is 66.7 Å². The summed E-state index contributed by atoms with van der Waals surface area (Å²) in [7, 11) is 2.49. The number of alkyl carbamates (subject to hydrolysis) is 2. The summed E-state index contributed by atoms with van der Waals surface area (Å²) in [5.41, 5.74) is 9.82. The third kappa shape index (κ3) is 10.7. The molecule has 0 aliphatic carbocycles. The fraction of sp³-hybridized carbons (Fsp3) is 0.410. The van der Waals surface area contributed by atoms with Crippen LogP contribution in [-0.2, 0) is 54.7 Å². The number of aromatic nitrogens is 2. The lowest BCUT2D eigenvalue weighted by Gasteiger charge is -2.30. The lowest BCUT2D eigenvalue weighted by Crippen LogP contribution is -2.53. The fourth-order valence-corrected chi connectivity index (χ4v) is 12.2. The molecular formula is C61H65N9O14. The van der Waals surface area contributed by atoms with Crippen LogP contribution in [0.2, 0.25) is 0 Å². The number of allylic oxidation sites excluding steroid dienone is 1. The van der Waals surface area contributed by atoms with Gasteiger partial charge in [-0.05, 0) is 62.9 Å². The summed E-state index contributed by atoms with van der Waals surface area (Å²) in [5.74, 6) is 1.80. The van der Waals surface area contributed by atoms with Gasteiger partial charge in [0.1, 0.15) is 30.1 Å². The molecule has 8 heterocycles. The fourth-order valence-electron chi connectivity index (χ4n) is 12.2. The number of benzene rings is 4. The van der Waals surface area contributed by atoms with Crippen molar-refractivity contribution in [1.82, 2.24) is 40.2 Å². The van der Waals surface area contributed by atoms with E-state index in [0.717, 1.165) is 55.8 Å². The van der Waals surface area contributed by atoms with Gasteiger partial charge in [0.2, 0.25) is 25.4 Å². The zero-order chi connectivity index (χ0) is 58.5. The summed E-state index contributed by atoms with van der Waals surface area (Å²) in [5, 5.41) is 5.39. The van der Waals surface area contributed by atoms with Gasteiger partial charge in [-0.1, -0.05) is 88.4 Å². The number of nitrogens with zero attached hydrogens (tertiary/aromatic N) is 6. The number of fused-ring (bicyclic) bond motifs is 6. The van der Waals surface area contributed by atoms with Gasteiger partial charge in [0, 0.05) is 55.4 Å². The first-order valence-electron chi connectivity index (χ1n) is 28.1. The molecule has 3 N–H and O–H groups in total. The van der Waals surface area contributed by atoms with Gasteiger partial charge >= 0.3 is 24.4 Å². The van der Waals surface area contributed by atoms with E-state index in [1.807, 2.05) is 107 Å². The van der Waals surface area contributed by atoms with Crippen molar-refractivity contribution in [2.24, 2.45) is 16.8 Å². The average molecular weight is 1150 g/mol. The van der Waals surface area contributed by atoms with Crippen molar-refractivity contribution in [2.45, 2.75) is 110 Å². The first-order chi connectivity index (χ1) is 40.6. The zero-order valence-electron chi connectivity index (χ0n) is 47.4. The Kier molecular flexibility index (Phi) is 15.0. The van der Waals surface area contributed by atoms with Crippen molar-refractivity contribution >= 4 is 47.5 Å². The van der Waals surface area contributed by atoms with Gasteiger partial charge in [0.15, 0.2) is 23.0 Å². The van der Waals surface area contributed by atoms with Crippen molar-refractivity contribution in [3.8, 4) is 45.4 Å². The summed E-state index contributed by atoms with van der Waals surface area (Å²) in [4.78, 5) is 101. The second-order valence-corrected chi connectivity index (χ2v) is 22.6. The molecule has 0 bridgehead atoms. The molecule has 4 aromatic carbocycles. The summed E-state index contributed by atoms with van der Waals surface area (Å²) in [6.07, 6.45) is 0.739. The lowest BCUT2D eigenvalue weighted by atomic mass is 9.95. The molecule has 0 spiro atoms. The van der Waals surface area contributed by atoms with E-state index in [-0.39, 0.29) is 56.7 Å². The maximum Gasteiger partial charge on any atom is 0.410 e. The van der Waals surface area contributed by atoms with E-state index >= 15 is 0 Å². The minimum atomic E-state index is -0.923. The number of rotatable bonds is 13. The van der Waals surface area contributed by atoms with Crippen molar-refractivity contribution in [3.63, 3.8) is 0 Å². The lowest BCUT2D eigenvalue weighted by molar-refractivity contribution is -0.136. The van der Waals surface area contributed by atoms with Crippen LogP contribution in [0.15, 0.2) is 90.2 Å². The molecule has 438 valence electrons. The Balaban J connectivity index is 0.705. The average Bonchev–Trinajstić information content (AvgIpc) is 4.48. The van der Waals surface area contributed by atoms with E-state index in [0.29, 0.717) is 73.5 Å². The minimum absolute atomic E-state index is 0.0738. The molecule has 0 radical (unpaired) electrons. The number of aromatic amines is 1. The Morgan fingerprint density at radius 2 is 1.07 bits per heavy atom. The van der Waals surface area contributed by atoms with E-state index in [2.05, 4.69) is 15.6 Å². The molecular weight excluding hydrogens is 1080 g/mol. The highest BCUT2D eigenvalue weighted by Crippen LogP contribution is 2.44. The second kappa shape index (κ2) is 22.8. The molecule has 0 saturated carbocycles. The molecule has 6 atom stereocenters. The van der Waals surface area contributed by atoms with Crippen LogP contribution in [-0.4, -0.2) is 143 Å². The molecule has 5 aromatic rings. The molecule has 6 amide bonds. The Morgan fingerprint density at radius 3 is 1.57 bits per heavy atom. The zero-order valence-corrected chi connectivity index (χ0v) is 47.4. The van der Waals surface area contributed by atoms with Crippen LogP contribution >= 0.6 is 0 Å². The SMILES string of the molecule is COC(=O)N[C@H](C(=O)N1C[C@H](OC(=O)N2Cc3ccc4c(c3C2)OCO4)CC1C1=NC=C(c2ccc(-c3ccc(-c4cnc([C@@H]5C[C@@H](OC(=O)N6Cc7ccc8c(c7C6)OCO8)CN5C(=O)[C@@H](NC(=O)OC)C(C)C)[nH]4)cc3)cc2)C1)C(C)C. The number of methoxy groups -OCH3 is 2. The summed E-state index contributed by atoms with van der Waals surface area (Å²) in [6.45, 7) is 9.05. The standard InChI is InChI=1S/C61H65N9O14/c1-32(2)51(65-58(73)77-5)56(71)69-26-41(83-60(75)67-24-38-15-17-49-53(43(38)28-67)81-30-79-49)20-47(69)45-19-40(22-62-45)36-9-7-34(8-10-36)35-11-13-37(14-12-35)46-23-63-55(64-46)48-21-42(27-70(48)57(72)52(33(3)4)66-59(74)78-6)84-61(76)68-25-39-16-18-50-54(44(39)29-68)82-31-80-50/h7-18,22-23,32-33,41-42,47-48,51-52H,19-21,24-31H2,1-6H3,(H,63,64)(H,65,73)(H,66,74)/t41-,42-,47?,48+,51+,52+/m1/s1. The number of carbonyl (C=O) groups is 6. The molecule has 2 fully saturated rings. The molecule has 7 aliphatic rings. The molecule has 2 saturated heterocycles. The Morgan fingerprint density at radius 1 is 0.595 bits per heavy atom. The number of aliphatic imine (C=N–C) groups is 1. The smallest absolute Gasteiger partial charge is 0.410 e. The van der Waals surface area contributed by atoms with Crippen LogP contribution in [0.5, 0.6) is 23.0 Å². The predicted octanol–water partition coefficient (Wildman–Crippen LogP) is 8.06. The van der Waals surface area contributed by atoms with Gasteiger partial charge < -0.3 is 63.3 Å². The Bertz CT molecular complexity index is 3490. The Hall–Kier alpha value is -9.28. The number of imidazole rings is 1. The van der Waals surface area contributed by atoms with Crippen LogP contribution in [0, 0.1) is 11.8 Å². The summed E-state index contributed by atoms with van der Waals surface area (Å²) in [6, 6.07) is 20.7. The van der Waals surface area contributed by atoms with Crippen molar-refractivity contribution in [1.29, 1.82) is 0 Å². The topological polar surface area (TPSA) is 254 Å². The first kappa shape index (κ1) is 55.3. The number of hydrogen-bond acceptors (Lipinski definition) is 16. The van der Waals surface area contributed by atoms with E-state index in [1.54, 1.807) is 25.8 Å². The van der Waals surface area contributed by atoms with E-state index in [1.165, 1.54) is 14.2 Å². The summed E-state index contributed by atoms with van der Waals surface area (Å²) < 4.78 is 44.5. The molecule has 23 nitrogen and oxygen atoms in total. The Labute approximate surface area is 484 Å². The highest BCUT2D eigenvalue weighted by Gasteiger charge is 2.46. The van der Waals surface area contributed by atoms with Gasteiger partial charge in [0.25, 0.3) is 0 Å². The van der Waals surface area contributed by atoms with Crippen LogP contribution in [0.3, 0.4) is 0 Å². The largest absolute Gasteiger partial charge is 0.454 e. The van der Waals surface area contributed by atoms with Crippen molar-refractivity contribution in [3.05, 3.63) is 119 Å². The molecule has 23 heteroatoms. The number of H-pyrrole nitrogens is 1. The molecule has 1 aromatic heterocycles. The number of likely N-dealkylation sites (tertiary alicyclic amines) is 2. The van der Waals surface area contributed by atoms with Gasteiger partial charge in [-0.2, -0.15) is 0 Å². The van der Waals surface area contributed by atoms with Gasteiger partial charge in [0.05, 0.1) is 64.4 Å². The van der Waals surface area contributed by atoms with E-state index < -0.39 is 60.7 Å². The highest BCUT2D eigenvalue weighted by atomic mass is 16.7. The number of carbonyl (C=O) groups excluding carboxylic acids is 6.